The molecule has 8 heteroatoms. The van der Waals surface area contributed by atoms with E-state index in [-0.39, 0.29) is 12.5 Å². The average molecular weight is 281 g/mol. The summed E-state index contributed by atoms with van der Waals surface area (Å²) >= 11 is 0. The van der Waals surface area contributed by atoms with Crippen LogP contribution < -0.4 is 5.32 Å². The lowest BCUT2D eigenvalue weighted by molar-refractivity contribution is -0.321. The minimum atomic E-state index is -5.42. The van der Waals surface area contributed by atoms with Crippen LogP contribution in [0.1, 0.15) is 26.7 Å². The van der Waals surface area contributed by atoms with Crippen molar-refractivity contribution in [2.75, 3.05) is 13.2 Å². The molecule has 0 saturated carbocycles. The van der Waals surface area contributed by atoms with Gasteiger partial charge in [0.1, 0.15) is 0 Å². The molecule has 0 aromatic carbocycles. The van der Waals surface area contributed by atoms with Gasteiger partial charge in [0.2, 0.25) is 6.10 Å². The first kappa shape index (κ1) is 17.5. The molecule has 18 heavy (non-hydrogen) atoms. The quantitative estimate of drug-likeness (QED) is 0.571. The van der Waals surface area contributed by atoms with Crippen molar-refractivity contribution >= 4 is 0 Å². The number of rotatable bonds is 7. The number of nitrogens with one attached hydrogen (secondary N) is 1. The highest BCUT2D eigenvalue weighted by atomic mass is 19.4. The van der Waals surface area contributed by atoms with Crippen molar-refractivity contribution in [3.05, 3.63) is 0 Å². The Morgan fingerprint density at radius 3 is 1.83 bits per heavy atom. The van der Waals surface area contributed by atoms with Crippen molar-refractivity contribution in [2.24, 2.45) is 0 Å². The SMILES string of the molecule is CC(C)NCCCCOC(C(F)(F)F)C(F)(F)F. The zero-order chi connectivity index (χ0) is 14.4. The fraction of sp³-hybridized carbons (Fsp3) is 1.00. The monoisotopic (exact) mass is 281 g/mol. The van der Waals surface area contributed by atoms with Gasteiger partial charge in [0.25, 0.3) is 0 Å². The highest BCUT2D eigenvalue weighted by Crippen LogP contribution is 2.35. The molecule has 0 aliphatic rings. The molecule has 0 unspecified atom stereocenters. The van der Waals surface area contributed by atoms with Crippen LogP contribution in [0, 0.1) is 0 Å². The van der Waals surface area contributed by atoms with Gasteiger partial charge in [-0.2, -0.15) is 26.3 Å². The summed E-state index contributed by atoms with van der Waals surface area (Å²) in [6.07, 6.45) is -13.9. The molecular weight excluding hydrogens is 264 g/mol. The van der Waals surface area contributed by atoms with Gasteiger partial charge in [0, 0.05) is 12.6 Å². The number of hydrogen-bond donors (Lipinski definition) is 1. The summed E-state index contributed by atoms with van der Waals surface area (Å²) < 4.78 is 76.1. The second-order valence-corrected chi connectivity index (χ2v) is 4.15. The van der Waals surface area contributed by atoms with Crippen molar-refractivity contribution in [1.29, 1.82) is 0 Å². The summed E-state index contributed by atoms with van der Waals surface area (Å²) in [6.45, 7) is 3.74. The van der Waals surface area contributed by atoms with Gasteiger partial charge in [-0.3, -0.25) is 0 Å². The van der Waals surface area contributed by atoms with Gasteiger partial charge >= 0.3 is 12.4 Å². The van der Waals surface area contributed by atoms with Crippen molar-refractivity contribution in [1.82, 2.24) is 5.32 Å². The van der Waals surface area contributed by atoms with Crippen molar-refractivity contribution in [2.45, 2.75) is 51.2 Å². The third-order valence-corrected chi connectivity index (χ3v) is 2.00. The van der Waals surface area contributed by atoms with Gasteiger partial charge < -0.3 is 10.1 Å². The molecule has 0 saturated heterocycles. The maximum absolute atomic E-state index is 12.0. The lowest BCUT2D eigenvalue weighted by Gasteiger charge is -2.23. The number of unbranched alkanes of at least 4 members (excludes halogenated alkanes) is 1. The van der Waals surface area contributed by atoms with E-state index in [2.05, 4.69) is 10.1 Å². The zero-order valence-electron chi connectivity index (χ0n) is 10.2. The Balaban J connectivity index is 3.93. The van der Waals surface area contributed by atoms with E-state index in [1.807, 2.05) is 13.8 Å². The van der Waals surface area contributed by atoms with Crippen molar-refractivity contribution in [3.63, 3.8) is 0 Å². The molecule has 0 radical (unpaired) electrons. The highest BCUT2D eigenvalue weighted by Gasteiger charge is 2.57. The second-order valence-electron chi connectivity index (χ2n) is 4.15. The third kappa shape index (κ3) is 7.75. The predicted molar refractivity (Wildman–Crippen MR) is 54.2 cm³/mol. The Labute approximate surface area is 102 Å². The Hall–Kier alpha value is -0.500. The van der Waals surface area contributed by atoms with E-state index in [1.54, 1.807) is 0 Å². The van der Waals surface area contributed by atoms with Crippen LogP contribution in [0.15, 0.2) is 0 Å². The van der Waals surface area contributed by atoms with Crippen LogP contribution in [0.3, 0.4) is 0 Å². The Kier molecular flexibility index (Phi) is 6.98. The number of ether oxygens (including phenoxy) is 1. The molecule has 2 nitrogen and oxygen atoms in total. The van der Waals surface area contributed by atoms with Crippen molar-refractivity contribution in [3.8, 4) is 0 Å². The highest BCUT2D eigenvalue weighted by molar-refractivity contribution is 4.75. The molecule has 0 fully saturated rings. The van der Waals surface area contributed by atoms with E-state index in [0.29, 0.717) is 13.0 Å². The van der Waals surface area contributed by atoms with E-state index >= 15 is 0 Å². The minimum Gasteiger partial charge on any atom is -0.361 e. The van der Waals surface area contributed by atoms with Crippen LogP contribution in [0.4, 0.5) is 26.3 Å². The standard InChI is InChI=1S/C10H17F6NO/c1-7(2)17-5-3-4-6-18-8(9(11,12)13)10(14,15)16/h7-8,17H,3-6H2,1-2H3. The van der Waals surface area contributed by atoms with Gasteiger partial charge in [-0.25, -0.2) is 0 Å². The van der Waals surface area contributed by atoms with Gasteiger partial charge in [-0.05, 0) is 19.4 Å². The summed E-state index contributed by atoms with van der Waals surface area (Å²) in [4.78, 5) is 0. The molecule has 0 atom stereocenters. The maximum atomic E-state index is 12.0. The second kappa shape index (κ2) is 7.18. The molecule has 0 amide bonds. The summed E-state index contributed by atoms with van der Waals surface area (Å²) in [6, 6.07) is 0.226. The lowest BCUT2D eigenvalue weighted by Crippen LogP contribution is -2.44. The first-order chi connectivity index (χ1) is 8.05. The Morgan fingerprint density at radius 1 is 0.944 bits per heavy atom. The van der Waals surface area contributed by atoms with Gasteiger partial charge in [-0.15, -0.1) is 0 Å². The topological polar surface area (TPSA) is 21.3 Å². The van der Waals surface area contributed by atoms with Gasteiger partial charge in [-0.1, -0.05) is 13.8 Å². The zero-order valence-corrected chi connectivity index (χ0v) is 10.2. The first-order valence-corrected chi connectivity index (χ1v) is 5.53. The van der Waals surface area contributed by atoms with E-state index in [0.717, 1.165) is 0 Å². The Bertz CT molecular complexity index is 211. The summed E-state index contributed by atoms with van der Waals surface area (Å²) in [5.41, 5.74) is 0. The normalized spacial score (nSPS) is 13.7. The Morgan fingerprint density at radius 2 is 1.44 bits per heavy atom. The lowest BCUT2D eigenvalue weighted by atomic mass is 10.3. The van der Waals surface area contributed by atoms with Crippen LogP contribution in [-0.4, -0.2) is 37.7 Å². The molecular formula is C10H17F6NO. The molecule has 0 aliphatic carbocycles. The van der Waals surface area contributed by atoms with E-state index in [9.17, 15) is 26.3 Å². The summed E-state index contributed by atoms with van der Waals surface area (Å²) in [5.74, 6) is 0. The molecule has 0 aromatic heterocycles. The molecule has 0 heterocycles. The van der Waals surface area contributed by atoms with E-state index < -0.39 is 25.1 Å². The number of hydrogen-bond acceptors (Lipinski definition) is 2. The maximum Gasteiger partial charge on any atom is 0.423 e. The largest absolute Gasteiger partial charge is 0.423 e. The molecule has 0 bridgehead atoms. The molecule has 0 rings (SSSR count). The molecule has 0 aliphatic heterocycles. The van der Waals surface area contributed by atoms with E-state index in [1.165, 1.54) is 0 Å². The summed E-state index contributed by atoms with van der Waals surface area (Å²) in [7, 11) is 0. The number of halogens is 6. The molecule has 110 valence electrons. The average Bonchev–Trinajstić information content (AvgIpc) is 2.11. The molecule has 0 aromatic rings. The molecule has 1 N–H and O–H groups in total. The van der Waals surface area contributed by atoms with E-state index in [4.69, 9.17) is 0 Å². The minimum absolute atomic E-state index is 0.141. The van der Waals surface area contributed by atoms with Crippen LogP contribution in [0.25, 0.3) is 0 Å². The predicted octanol–water partition coefficient (Wildman–Crippen LogP) is 3.27. The van der Waals surface area contributed by atoms with Crippen LogP contribution in [-0.2, 0) is 4.74 Å². The fourth-order valence-electron chi connectivity index (χ4n) is 1.19. The first-order valence-electron chi connectivity index (χ1n) is 5.53. The van der Waals surface area contributed by atoms with Crippen LogP contribution in [0.2, 0.25) is 0 Å². The third-order valence-electron chi connectivity index (χ3n) is 2.00. The van der Waals surface area contributed by atoms with Crippen LogP contribution in [0.5, 0.6) is 0 Å². The smallest absolute Gasteiger partial charge is 0.361 e. The van der Waals surface area contributed by atoms with Crippen LogP contribution >= 0.6 is 0 Å². The number of alkyl halides is 6. The van der Waals surface area contributed by atoms with Crippen molar-refractivity contribution < 1.29 is 31.1 Å². The van der Waals surface area contributed by atoms with Gasteiger partial charge in [0.15, 0.2) is 0 Å². The molecule has 0 spiro atoms. The van der Waals surface area contributed by atoms with Gasteiger partial charge in [0.05, 0.1) is 0 Å². The fourth-order valence-corrected chi connectivity index (χ4v) is 1.19. The summed E-state index contributed by atoms with van der Waals surface area (Å²) in [5, 5.41) is 2.99.